The average molecular weight is 497 g/mol. The summed E-state index contributed by atoms with van der Waals surface area (Å²) in [5.41, 5.74) is 7.89. The van der Waals surface area contributed by atoms with E-state index in [1.807, 2.05) is 6.92 Å². The van der Waals surface area contributed by atoms with Gasteiger partial charge in [-0.15, -0.1) is 0 Å². The number of nitrogens with one attached hydrogen (secondary N) is 2. The van der Waals surface area contributed by atoms with Crippen molar-refractivity contribution >= 4 is 33.1 Å². The van der Waals surface area contributed by atoms with Gasteiger partial charge in [0.15, 0.2) is 15.7 Å². The fourth-order valence-corrected chi connectivity index (χ4v) is 5.00. The Morgan fingerprint density at radius 3 is 2.51 bits per heavy atom. The first-order chi connectivity index (χ1) is 16.7. The smallest absolute Gasteiger partial charge is 0.318 e. The third-order valence-electron chi connectivity index (χ3n) is 5.63. The first-order valence-corrected chi connectivity index (χ1v) is 12.8. The van der Waals surface area contributed by atoms with Crippen LogP contribution in [0.1, 0.15) is 12.6 Å². The van der Waals surface area contributed by atoms with E-state index < -0.39 is 9.84 Å². The van der Waals surface area contributed by atoms with E-state index in [0.717, 1.165) is 0 Å². The van der Waals surface area contributed by atoms with Gasteiger partial charge in [0.05, 0.1) is 35.6 Å². The largest absolute Gasteiger partial charge is 0.399 e. The monoisotopic (exact) mass is 496 g/mol. The lowest BCUT2D eigenvalue weighted by Crippen LogP contribution is -2.44. The van der Waals surface area contributed by atoms with Crippen molar-refractivity contribution in [3.63, 3.8) is 0 Å². The van der Waals surface area contributed by atoms with Crippen LogP contribution in [0.4, 0.5) is 22.0 Å². The number of sulfone groups is 1. The fraction of sp³-hybridized carbons (Fsp3) is 0.292. The van der Waals surface area contributed by atoms with Gasteiger partial charge in [-0.05, 0) is 55.5 Å². The average Bonchev–Trinajstić information content (AvgIpc) is 2.84. The summed E-state index contributed by atoms with van der Waals surface area (Å²) in [6, 6.07) is 14.6. The summed E-state index contributed by atoms with van der Waals surface area (Å²) >= 11 is 0. The van der Waals surface area contributed by atoms with E-state index in [-0.39, 0.29) is 22.7 Å². The maximum Gasteiger partial charge on any atom is 0.318 e. The van der Waals surface area contributed by atoms with Crippen molar-refractivity contribution in [2.75, 3.05) is 42.8 Å². The number of morpholine rings is 1. The molecule has 1 saturated heterocycles. The van der Waals surface area contributed by atoms with Gasteiger partial charge in [-0.2, -0.15) is 0 Å². The Kier molecular flexibility index (Phi) is 7.17. The molecule has 1 aliphatic heterocycles. The van der Waals surface area contributed by atoms with E-state index >= 15 is 0 Å². The van der Waals surface area contributed by atoms with Crippen molar-refractivity contribution < 1.29 is 17.9 Å². The SMILES string of the molecule is CNC(=O)Nc1ccc(-c2nc(CS(=O)(=O)c3ccc(N)cc3)cc(N3CCOC[C@@H]3C)n2)cc1. The predicted octanol–water partition coefficient (Wildman–Crippen LogP) is 2.68. The molecule has 4 N–H and O–H groups in total. The van der Waals surface area contributed by atoms with E-state index in [4.69, 9.17) is 15.5 Å². The lowest BCUT2D eigenvalue weighted by molar-refractivity contribution is 0.0985. The van der Waals surface area contributed by atoms with Crippen LogP contribution in [0, 0.1) is 0 Å². The maximum atomic E-state index is 13.1. The normalized spacial score (nSPS) is 16.1. The Morgan fingerprint density at radius 2 is 1.86 bits per heavy atom. The third kappa shape index (κ3) is 5.87. The van der Waals surface area contributed by atoms with Crippen LogP contribution in [0.15, 0.2) is 59.5 Å². The van der Waals surface area contributed by atoms with Gasteiger partial charge in [0.2, 0.25) is 0 Å². The van der Waals surface area contributed by atoms with Gasteiger partial charge < -0.3 is 26.0 Å². The first-order valence-electron chi connectivity index (χ1n) is 11.1. The Balaban J connectivity index is 1.71. The molecule has 1 aliphatic rings. The summed E-state index contributed by atoms with van der Waals surface area (Å²) < 4.78 is 31.8. The molecule has 1 fully saturated rings. The topological polar surface area (TPSA) is 140 Å². The summed E-state index contributed by atoms with van der Waals surface area (Å²) in [6.07, 6.45) is 0. The molecule has 0 saturated carbocycles. The maximum absolute atomic E-state index is 13.1. The summed E-state index contributed by atoms with van der Waals surface area (Å²) in [5, 5.41) is 5.20. The molecule has 184 valence electrons. The van der Waals surface area contributed by atoms with Crippen LogP contribution in [0.3, 0.4) is 0 Å². The molecule has 2 amide bonds. The van der Waals surface area contributed by atoms with Crippen molar-refractivity contribution in [3.8, 4) is 11.4 Å². The van der Waals surface area contributed by atoms with Crippen molar-refractivity contribution in [3.05, 3.63) is 60.3 Å². The summed E-state index contributed by atoms with van der Waals surface area (Å²) in [5.74, 6) is 0.755. The van der Waals surface area contributed by atoms with E-state index in [2.05, 4.69) is 20.5 Å². The Morgan fingerprint density at radius 1 is 1.14 bits per heavy atom. The highest BCUT2D eigenvalue weighted by atomic mass is 32.2. The zero-order valence-corrected chi connectivity index (χ0v) is 20.4. The molecule has 2 aromatic carbocycles. The quantitative estimate of drug-likeness (QED) is 0.443. The Bertz CT molecular complexity index is 1300. The minimum absolute atomic E-state index is 0.0761. The molecular weight excluding hydrogens is 468 g/mol. The number of rotatable bonds is 6. The van der Waals surface area contributed by atoms with Gasteiger partial charge in [-0.3, -0.25) is 0 Å². The second kappa shape index (κ2) is 10.3. The van der Waals surface area contributed by atoms with Crippen molar-refractivity contribution in [1.29, 1.82) is 0 Å². The van der Waals surface area contributed by atoms with Crippen LogP contribution in [-0.2, 0) is 20.3 Å². The molecule has 0 aliphatic carbocycles. The molecule has 2 heterocycles. The highest BCUT2D eigenvalue weighted by Crippen LogP contribution is 2.26. The number of aromatic nitrogens is 2. The van der Waals surface area contributed by atoms with E-state index in [1.54, 1.807) is 42.5 Å². The molecule has 4 rings (SSSR count). The first kappa shape index (κ1) is 24.4. The molecule has 10 nitrogen and oxygen atoms in total. The number of carbonyl (C=O) groups excluding carboxylic acids is 1. The minimum atomic E-state index is -3.66. The number of amides is 2. The predicted molar refractivity (Wildman–Crippen MR) is 135 cm³/mol. The Labute approximate surface area is 204 Å². The van der Waals surface area contributed by atoms with E-state index in [1.165, 1.54) is 19.2 Å². The number of nitrogen functional groups attached to an aromatic ring is 1. The number of hydrogen-bond donors (Lipinski definition) is 3. The molecule has 1 atom stereocenters. The zero-order valence-electron chi connectivity index (χ0n) is 19.6. The van der Waals surface area contributed by atoms with Gasteiger partial charge in [-0.1, -0.05) is 0 Å². The van der Waals surface area contributed by atoms with Crippen molar-refractivity contribution in [2.45, 2.75) is 23.6 Å². The molecule has 11 heteroatoms. The molecular formula is C24H28N6O4S. The fourth-order valence-electron chi connectivity index (χ4n) is 3.75. The van der Waals surface area contributed by atoms with Gasteiger partial charge in [0.25, 0.3) is 0 Å². The van der Waals surface area contributed by atoms with Crippen LogP contribution in [0.25, 0.3) is 11.4 Å². The molecule has 0 unspecified atom stereocenters. The number of anilines is 3. The van der Waals surface area contributed by atoms with Crippen LogP contribution >= 0.6 is 0 Å². The summed E-state index contributed by atoms with van der Waals surface area (Å²) in [7, 11) is -2.12. The summed E-state index contributed by atoms with van der Waals surface area (Å²) in [6.45, 7) is 3.78. The number of carbonyl (C=O) groups is 1. The highest BCUT2D eigenvalue weighted by molar-refractivity contribution is 7.90. The molecule has 0 spiro atoms. The van der Waals surface area contributed by atoms with Gasteiger partial charge >= 0.3 is 6.03 Å². The van der Waals surface area contributed by atoms with Crippen LogP contribution in [-0.4, -0.2) is 57.3 Å². The van der Waals surface area contributed by atoms with E-state index in [9.17, 15) is 13.2 Å². The third-order valence-corrected chi connectivity index (χ3v) is 7.30. The number of benzene rings is 2. The van der Waals surface area contributed by atoms with Gasteiger partial charge in [-0.25, -0.2) is 23.2 Å². The summed E-state index contributed by atoms with van der Waals surface area (Å²) in [4.78, 5) is 23.2. The lowest BCUT2D eigenvalue weighted by atomic mass is 10.2. The highest BCUT2D eigenvalue weighted by Gasteiger charge is 2.24. The van der Waals surface area contributed by atoms with Gasteiger partial charge in [0, 0.05) is 36.6 Å². The second-order valence-electron chi connectivity index (χ2n) is 8.27. The number of hydrogen-bond acceptors (Lipinski definition) is 8. The lowest BCUT2D eigenvalue weighted by Gasteiger charge is -2.34. The molecule has 0 bridgehead atoms. The van der Waals surface area contributed by atoms with Crippen LogP contribution < -0.4 is 21.3 Å². The van der Waals surface area contributed by atoms with Crippen LogP contribution in [0.2, 0.25) is 0 Å². The second-order valence-corrected chi connectivity index (χ2v) is 10.3. The minimum Gasteiger partial charge on any atom is -0.399 e. The molecule has 0 radical (unpaired) electrons. The number of nitrogens with two attached hydrogens (primary N) is 1. The molecule has 1 aromatic heterocycles. The standard InChI is InChI=1S/C24H28N6O4S/c1-16-14-34-12-11-30(16)22-13-20(15-35(32,33)21-9-5-18(25)6-10-21)27-23(29-22)17-3-7-19(8-4-17)28-24(31)26-2/h3-10,13,16H,11-12,14-15,25H2,1-2H3,(H2,26,28,31)/t16-/m0/s1. The van der Waals surface area contributed by atoms with Crippen molar-refractivity contribution in [1.82, 2.24) is 15.3 Å². The zero-order chi connectivity index (χ0) is 25.0. The number of ether oxygens (including phenoxy) is 1. The number of nitrogens with zero attached hydrogens (tertiary/aromatic N) is 3. The molecule has 3 aromatic rings. The van der Waals surface area contributed by atoms with Crippen LogP contribution in [0.5, 0.6) is 0 Å². The van der Waals surface area contributed by atoms with Gasteiger partial charge in [0.1, 0.15) is 5.82 Å². The van der Waals surface area contributed by atoms with E-state index in [0.29, 0.717) is 54.0 Å². The van der Waals surface area contributed by atoms with Crippen molar-refractivity contribution in [2.24, 2.45) is 0 Å². The number of urea groups is 1. The Hall–Kier alpha value is -3.70. The molecule has 35 heavy (non-hydrogen) atoms.